The van der Waals surface area contributed by atoms with E-state index < -0.39 is 30.5 Å². The molecule has 1 fully saturated rings. The van der Waals surface area contributed by atoms with E-state index in [-0.39, 0.29) is 49.7 Å². The van der Waals surface area contributed by atoms with Gasteiger partial charge in [0.05, 0.1) is 17.3 Å². The third-order valence-corrected chi connectivity index (χ3v) is 9.27. The van der Waals surface area contributed by atoms with Gasteiger partial charge in [-0.1, -0.05) is 0 Å². The molecule has 10 nitrogen and oxygen atoms in total. The molecule has 1 heterocycles. The standard InChI is InChI=1S/C17H26N2O8S2/c1-19(2)28(22,23)13-3-10-27-14-4-6-15(7-5-14)29(24,25)17(16(20)18-21)8-11-26-12-9-17/h4-7,21H,3,8-13H2,1-2H3,(H,18,20). The van der Waals surface area contributed by atoms with E-state index in [2.05, 4.69) is 0 Å². The number of sulfone groups is 1. The van der Waals surface area contributed by atoms with Crippen molar-refractivity contribution in [1.82, 2.24) is 9.79 Å². The summed E-state index contributed by atoms with van der Waals surface area (Å²) < 4.78 is 59.6. The number of nitrogens with zero attached hydrogens (tertiary/aromatic N) is 1. The Morgan fingerprint density at radius 3 is 2.28 bits per heavy atom. The maximum atomic E-state index is 13.1. The van der Waals surface area contributed by atoms with E-state index in [4.69, 9.17) is 14.7 Å². The molecule has 0 aromatic heterocycles. The molecule has 29 heavy (non-hydrogen) atoms. The molecule has 1 aromatic carbocycles. The number of sulfonamides is 1. The van der Waals surface area contributed by atoms with Crippen LogP contribution in [0.4, 0.5) is 0 Å². The molecular weight excluding hydrogens is 424 g/mol. The minimum atomic E-state index is -4.10. The summed E-state index contributed by atoms with van der Waals surface area (Å²) in [5, 5.41) is 9.05. The Balaban J connectivity index is 2.09. The van der Waals surface area contributed by atoms with Crippen molar-refractivity contribution in [3.8, 4) is 5.75 Å². The highest BCUT2D eigenvalue weighted by molar-refractivity contribution is 7.93. The van der Waals surface area contributed by atoms with Crippen LogP contribution in [-0.2, 0) is 29.4 Å². The number of benzene rings is 1. The van der Waals surface area contributed by atoms with Crippen LogP contribution in [0.5, 0.6) is 5.75 Å². The summed E-state index contributed by atoms with van der Waals surface area (Å²) >= 11 is 0. The van der Waals surface area contributed by atoms with Crippen molar-refractivity contribution >= 4 is 25.8 Å². The fraction of sp³-hybridized carbons (Fsp3) is 0.588. The van der Waals surface area contributed by atoms with Gasteiger partial charge in [0.25, 0.3) is 5.91 Å². The lowest BCUT2D eigenvalue weighted by Crippen LogP contribution is -2.54. The van der Waals surface area contributed by atoms with E-state index in [9.17, 15) is 21.6 Å². The molecule has 0 atom stereocenters. The monoisotopic (exact) mass is 450 g/mol. The number of hydrogen-bond acceptors (Lipinski definition) is 8. The third-order valence-electron chi connectivity index (χ3n) is 4.84. The second-order valence-electron chi connectivity index (χ2n) is 6.82. The van der Waals surface area contributed by atoms with E-state index >= 15 is 0 Å². The first-order valence-electron chi connectivity index (χ1n) is 8.97. The second-order valence-corrected chi connectivity index (χ2v) is 11.4. The summed E-state index contributed by atoms with van der Waals surface area (Å²) in [5.41, 5.74) is 1.47. The first-order valence-corrected chi connectivity index (χ1v) is 12.1. The Hall–Kier alpha value is -1.73. The molecule has 0 spiro atoms. The number of hydroxylamine groups is 1. The predicted molar refractivity (Wildman–Crippen MR) is 104 cm³/mol. The van der Waals surface area contributed by atoms with Gasteiger partial charge in [-0.15, -0.1) is 0 Å². The zero-order chi connectivity index (χ0) is 21.7. The molecule has 1 aromatic rings. The summed E-state index contributed by atoms with van der Waals surface area (Å²) in [6.07, 6.45) is 0.140. The van der Waals surface area contributed by atoms with Crippen LogP contribution in [0.1, 0.15) is 19.3 Å². The Morgan fingerprint density at radius 1 is 1.17 bits per heavy atom. The van der Waals surface area contributed by atoms with Crippen LogP contribution in [0.2, 0.25) is 0 Å². The molecule has 0 aliphatic carbocycles. The van der Waals surface area contributed by atoms with Gasteiger partial charge in [-0.2, -0.15) is 0 Å². The Kier molecular flexibility index (Phi) is 7.62. The molecule has 1 aliphatic heterocycles. The molecule has 1 aliphatic rings. The van der Waals surface area contributed by atoms with Gasteiger partial charge in [0, 0.05) is 27.3 Å². The number of rotatable bonds is 9. The highest BCUT2D eigenvalue weighted by Gasteiger charge is 2.52. The van der Waals surface area contributed by atoms with Crippen LogP contribution in [0.25, 0.3) is 0 Å². The second kappa shape index (κ2) is 9.39. The van der Waals surface area contributed by atoms with Crippen LogP contribution >= 0.6 is 0 Å². The number of hydrogen-bond donors (Lipinski definition) is 2. The van der Waals surface area contributed by atoms with Crippen LogP contribution in [0.15, 0.2) is 29.2 Å². The van der Waals surface area contributed by atoms with Crippen LogP contribution in [0, 0.1) is 0 Å². The first kappa shape index (κ1) is 23.5. The third kappa shape index (κ3) is 5.07. The fourth-order valence-corrected chi connectivity index (χ4v) is 5.76. The van der Waals surface area contributed by atoms with E-state index in [1.54, 1.807) is 0 Å². The van der Waals surface area contributed by atoms with Gasteiger partial charge in [-0.3, -0.25) is 10.0 Å². The minimum Gasteiger partial charge on any atom is -0.494 e. The number of ether oxygens (including phenoxy) is 2. The number of amides is 1. The van der Waals surface area contributed by atoms with Crippen molar-refractivity contribution in [2.75, 3.05) is 39.7 Å². The summed E-state index contributed by atoms with van der Waals surface area (Å²) in [6.45, 7) is 0.320. The van der Waals surface area contributed by atoms with Crippen LogP contribution in [-0.4, -0.2) is 76.7 Å². The van der Waals surface area contributed by atoms with E-state index in [1.807, 2.05) is 0 Å². The number of carbonyl (C=O) groups excluding carboxylic acids is 1. The van der Waals surface area contributed by atoms with Crippen molar-refractivity contribution in [1.29, 1.82) is 0 Å². The maximum Gasteiger partial charge on any atom is 0.265 e. The summed E-state index contributed by atoms with van der Waals surface area (Å²) in [7, 11) is -4.49. The van der Waals surface area contributed by atoms with Gasteiger partial charge in [0.1, 0.15) is 5.75 Å². The number of carbonyl (C=O) groups is 1. The molecule has 0 bridgehead atoms. The van der Waals surface area contributed by atoms with E-state index in [0.717, 1.165) is 4.31 Å². The smallest absolute Gasteiger partial charge is 0.265 e. The average Bonchev–Trinajstić information content (AvgIpc) is 2.71. The Bertz CT molecular complexity index is 905. The van der Waals surface area contributed by atoms with Gasteiger partial charge in [0.2, 0.25) is 10.0 Å². The molecule has 1 amide bonds. The lowest BCUT2D eigenvalue weighted by atomic mass is 9.98. The normalized spacial score (nSPS) is 17.1. The Labute approximate surface area is 170 Å². The summed E-state index contributed by atoms with van der Waals surface area (Å²) in [5.74, 6) is -0.671. The highest BCUT2D eigenvalue weighted by Crippen LogP contribution is 2.35. The zero-order valence-corrected chi connectivity index (χ0v) is 18.0. The number of nitrogens with one attached hydrogen (secondary N) is 1. The van der Waals surface area contributed by atoms with Crippen molar-refractivity contribution < 1.29 is 36.3 Å². The highest BCUT2D eigenvalue weighted by atomic mass is 32.2. The zero-order valence-electron chi connectivity index (χ0n) is 16.3. The van der Waals surface area contributed by atoms with Crippen LogP contribution < -0.4 is 10.2 Å². The average molecular weight is 451 g/mol. The first-order chi connectivity index (χ1) is 13.6. The minimum absolute atomic E-state index is 0.0622. The van der Waals surface area contributed by atoms with E-state index in [0.29, 0.717) is 5.75 Å². The van der Waals surface area contributed by atoms with Crippen molar-refractivity contribution in [3.63, 3.8) is 0 Å². The molecule has 2 N–H and O–H groups in total. The quantitative estimate of drug-likeness (QED) is 0.308. The van der Waals surface area contributed by atoms with E-state index in [1.165, 1.54) is 43.8 Å². The van der Waals surface area contributed by atoms with Crippen molar-refractivity contribution in [2.45, 2.75) is 28.9 Å². The molecule has 12 heteroatoms. The molecule has 2 rings (SSSR count). The lowest BCUT2D eigenvalue weighted by molar-refractivity contribution is -0.134. The largest absolute Gasteiger partial charge is 0.494 e. The molecule has 0 saturated carbocycles. The molecule has 164 valence electrons. The van der Waals surface area contributed by atoms with Gasteiger partial charge in [-0.25, -0.2) is 26.6 Å². The van der Waals surface area contributed by atoms with Gasteiger partial charge < -0.3 is 9.47 Å². The molecule has 0 radical (unpaired) electrons. The van der Waals surface area contributed by atoms with Gasteiger partial charge in [0.15, 0.2) is 14.6 Å². The fourth-order valence-electron chi connectivity index (χ4n) is 2.98. The van der Waals surface area contributed by atoms with Crippen LogP contribution in [0.3, 0.4) is 0 Å². The SMILES string of the molecule is CN(C)S(=O)(=O)CCCOc1ccc(S(=O)(=O)C2(C(=O)NO)CCOCC2)cc1. The van der Waals surface area contributed by atoms with Gasteiger partial charge >= 0.3 is 0 Å². The van der Waals surface area contributed by atoms with Gasteiger partial charge in [-0.05, 0) is 43.5 Å². The maximum absolute atomic E-state index is 13.1. The van der Waals surface area contributed by atoms with Crippen molar-refractivity contribution in [2.24, 2.45) is 0 Å². The molecule has 1 saturated heterocycles. The predicted octanol–water partition coefficient (Wildman–Crippen LogP) is 0.175. The Morgan fingerprint density at radius 2 is 1.76 bits per heavy atom. The van der Waals surface area contributed by atoms with Crippen molar-refractivity contribution in [3.05, 3.63) is 24.3 Å². The topological polar surface area (TPSA) is 139 Å². The molecule has 0 unspecified atom stereocenters. The summed E-state index contributed by atoms with van der Waals surface area (Å²) in [6, 6.07) is 5.53. The summed E-state index contributed by atoms with van der Waals surface area (Å²) in [4.78, 5) is 12.1. The lowest BCUT2D eigenvalue weighted by Gasteiger charge is -2.34. The molecular formula is C17H26N2O8S2.